The van der Waals surface area contributed by atoms with Crippen molar-refractivity contribution in [1.29, 1.82) is 0 Å². The van der Waals surface area contributed by atoms with Crippen LogP contribution in [0.4, 0.5) is 4.39 Å². The van der Waals surface area contributed by atoms with Crippen LogP contribution in [-0.2, 0) is 6.54 Å². The van der Waals surface area contributed by atoms with Gasteiger partial charge in [0, 0.05) is 50.4 Å². The first kappa shape index (κ1) is 20.5. The number of aryl methyl sites for hydroxylation is 1. The zero-order valence-corrected chi connectivity index (χ0v) is 18.1. The Morgan fingerprint density at radius 1 is 1.23 bits per heavy atom. The van der Waals surface area contributed by atoms with Gasteiger partial charge in [-0.1, -0.05) is 12.1 Å². The Balaban J connectivity index is 1.47. The fourth-order valence-electron chi connectivity index (χ4n) is 4.28. The van der Waals surface area contributed by atoms with Gasteiger partial charge in [0.15, 0.2) is 0 Å². The Morgan fingerprint density at radius 3 is 2.63 bits per heavy atom. The number of carbonyl (C=O) groups is 1. The zero-order chi connectivity index (χ0) is 21.4. The third-order valence-electron chi connectivity index (χ3n) is 6.24. The molecule has 1 amide bonds. The van der Waals surface area contributed by atoms with E-state index in [0.29, 0.717) is 23.7 Å². The maximum Gasteiger partial charge on any atom is 0.253 e. The summed E-state index contributed by atoms with van der Waals surface area (Å²) < 4.78 is 15.5. The fourth-order valence-corrected chi connectivity index (χ4v) is 4.28. The highest BCUT2D eigenvalue weighted by molar-refractivity contribution is 5.94. The summed E-state index contributed by atoms with van der Waals surface area (Å²) in [7, 11) is 1.91. The van der Waals surface area contributed by atoms with Gasteiger partial charge in [-0.2, -0.15) is 0 Å². The topological polar surface area (TPSA) is 41.4 Å². The van der Waals surface area contributed by atoms with E-state index in [4.69, 9.17) is 0 Å². The average molecular weight is 409 g/mol. The largest absolute Gasteiger partial charge is 0.337 e. The van der Waals surface area contributed by atoms with Crippen LogP contribution in [-0.4, -0.2) is 57.5 Å². The Labute approximate surface area is 177 Å². The van der Waals surface area contributed by atoms with Gasteiger partial charge in [0.25, 0.3) is 5.91 Å². The van der Waals surface area contributed by atoms with Gasteiger partial charge in [0.2, 0.25) is 0 Å². The molecule has 0 spiro atoms. The summed E-state index contributed by atoms with van der Waals surface area (Å²) in [6.45, 7) is 8.93. The van der Waals surface area contributed by atoms with Gasteiger partial charge in [0.1, 0.15) is 11.6 Å². The number of nitrogens with zero attached hydrogens (tertiary/aromatic N) is 4. The maximum atomic E-state index is 13.5. The van der Waals surface area contributed by atoms with Crippen molar-refractivity contribution in [1.82, 2.24) is 19.4 Å². The van der Waals surface area contributed by atoms with E-state index in [1.807, 2.05) is 43.1 Å². The Hall–Kier alpha value is -2.73. The van der Waals surface area contributed by atoms with E-state index in [9.17, 15) is 9.18 Å². The lowest BCUT2D eigenvalue weighted by Crippen LogP contribution is -2.40. The minimum atomic E-state index is -0.280. The lowest BCUT2D eigenvalue weighted by atomic mass is 10.1. The van der Waals surface area contributed by atoms with Crippen LogP contribution < -0.4 is 0 Å². The predicted molar refractivity (Wildman–Crippen MR) is 117 cm³/mol. The molecule has 1 saturated heterocycles. The van der Waals surface area contributed by atoms with E-state index >= 15 is 0 Å². The van der Waals surface area contributed by atoms with E-state index in [-0.39, 0.29) is 17.8 Å². The van der Waals surface area contributed by atoms with E-state index < -0.39 is 0 Å². The summed E-state index contributed by atoms with van der Waals surface area (Å²) >= 11 is 0. The molecule has 6 heteroatoms. The number of hydrogen-bond acceptors (Lipinski definition) is 3. The molecule has 2 heterocycles. The lowest BCUT2D eigenvalue weighted by Gasteiger charge is -2.26. The van der Waals surface area contributed by atoms with Crippen LogP contribution in [0, 0.1) is 12.7 Å². The van der Waals surface area contributed by atoms with Gasteiger partial charge >= 0.3 is 0 Å². The molecule has 1 aliphatic rings. The molecule has 2 aromatic carbocycles. The van der Waals surface area contributed by atoms with Crippen LogP contribution in [0.15, 0.2) is 42.5 Å². The number of rotatable bonds is 5. The molecular weight excluding hydrogens is 379 g/mol. The Bertz CT molecular complexity index is 1060. The molecule has 0 unspecified atom stereocenters. The maximum absolute atomic E-state index is 13.5. The van der Waals surface area contributed by atoms with Crippen LogP contribution in [0.2, 0.25) is 0 Å². The number of likely N-dealkylation sites (N-methyl/N-ethyl adjacent to an activating group) is 1. The summed E-state index contributed by atoms with van der Waals surface area (Å²) in [4.78, 5) is 21.7. The normalized spacial score (nSPS) is 17.2. The highest BCUT2D eigenvalue weighted by Crippen LogP contribution is 2.21. The van der Waals surface area contributed by atoms with Gasteiger partial charge < -0.3 is 9.47 Å². The quantitative estimate of drug-likeness (QED) is 0.639. The summed E-state index contributed by atoms with van der Waals surface area (Å²) in [5.74, 6) is 0.626. The predicted octanol–water partition coefficient (Wildman–Crippen LogP) is 4.09. The first-order valence-corrected chi connectivity index (χ1v) is 10.6. The molecule has 4 rings (SSSR count). The molecule has 3 aromatic rings. The smallest absolute Gasteiger partial charge is 0.253 e. The van der Waals surface area contributed by atoms with Crippen LogP contribution >= 0.6 is 0 Å². The molecule has 1 fully saturated rings. The van der Waals surface area contributed by atoms with Gasteiger partial charge in [-0.3, -0.25) is 9.69 Å². The van der Waals surface area contributed by atoms with Crippen molar-refractivity contribution in [3.63, 3.8) is 0 Å². The summed E-state index contributed by atoms with van der Waals surface area (Å²) in [5.41, 5.74) is 3.35. The fraction of sp³-hybridized carbons (Fsp3) is 0.417. The van der Waals surface area contributed by atoms with Crippen molar-refractivity contribution in [2.75, 3.05) is 20.1 Å². The van der Waals surface area contributed by atoms with Crippen LogP contribution in [0.3, 0.4) is 0 Å². The van der Waals surface area contributed by atoms with E-state index in [2.05, 4.69) is 28.3 Å². The van der Waals surface area contributed by atoms with Gasteiger partial charge in [-0.25, -0.2) is 9.37 Å². The molecule has 0 saturated carbocycles. The number of carbonyl (C=O) groups excluding carboxylic acids is 1. The molecule has 0 N–H and O–H groups in total. The molecule has 1 atom stereocenters. The second-order valence-corrected chi connectivity index (χ2v) is 8.52. The molecular formula is C24H29FN4O. The standard InChI is InChI=1S/C24H29FN4O/c1-16(2)28-12-11-21(15-28)27(4)24(30)19-7-5-18(6-8-19)14-29-17(3)26-22-13-20(25)9-10-23(22)29/h5-10,13,16,21H,11-12,14-15H2,1-4H3/t21-/m1/s1. The summed E-state index contributed by atoms with van der Waals surface area (Å²) in [6.07, 6.45) is 1.02. The van der Waals surface area contributed by atoms with E-state index in [0.717, 1.165) is 36.4 Å². The second-order valence-electron chi connectivity index (χ2n) is 8.52. The minimum absolute atomic E-state index is 0.0666. The molecule has 30 heavy (non-hydrogen) atoms. The molecule has 0 aliphatic carbocycles. The highest BCUT2D eigenvalue weighted by atomic mass is 19.1. The number of halogens is 1. The number of imidazole rings is 1. The average Bonchev–Trinajstić information content (AvgIpc) is 3.33. The monoisotopic (exact) mass is 408 g/mol. The molecule has 0 bridgehead atoms. The zero-order valence-electron chi connectivity index (χ0n) is 18.1. The van der Waals surface area contributed by atoms with Crippen molar-refractivity contribution >= 4 is 16.9 Å². The van der Waals surface area contributed by atoms with Crippen molar-refractivity contribution in [3.8, 4) is 0 Å². The van der Waals surface area contributed by atoms with E-state index in [1.165, 1.54) is 12.1 Å². The summed E-state index contributed by atoms with van der Waals surface area (Å²) in [5, 5.41) is 0. The van der Waals surface area contributed by atoms with Gasteiger partial charge in [-0.05, 0) is 57.0 Å². The van der Waals surface area contributed by atoms with Crippen LogP contribution in [0.25, 0.3) is 11.0 Å². The molecule has 158 valence electrons. The number of fused-ring (bicyclic) bond motifs is 1. The second kappa shape index (κ2) is 8.19. The Kier molecular flexibility index (Phi) is 5.60. The van der Waals surface area contributed by atoms with Gasteiger partial charge in [0.05, 0.1) is 11.0 Å². The van der Waals surface area contributed by atoms with Crippen molar-refractivity contribution in [2.24, 2.45) is 0 Å². The SMILES string of the molecule is Cc1nc2cc(F)ccc2n1Cc1ccc(C(=O)N(C)[C@@H]2CCN(C(C)C)C2)cc1. The van der Waals surface area contributed by atoms with Crippen LogP contribution in [0.5, 0.6) is 0 Å². The number of hydrogen-bond donors (Lipinski definition) is 0. The first-order valence-electron chi connectivity index (χ1n) is 10.6. The lowest BCUT2D eigenvalue weighted by molar-refractivity contribution is 0.0732. The minimum Gasteiger partial charge on any atom is -0.337 e. The molecule has 5 nitrogen and oxygen atoms in total. The van der Waals surface area contributed by atoms with Crippen molar-refractivity contribution < 1.29 is 9.18 Å². The van der Waals surface area contributed by atoms with Crippen molar-refractivity contribution in [3.05, 3.63) is 65.2 Å². The Morgan fingerprint density at radius 2 is 1.97 bits per heavy atom. The first-order chi connectivity index (χ1) is 14.3. The molecule has 1 aromatic heterocycles. The number of amides is 1. The third kappa shape index (κ3) is 3.97. The number of likely N-dealkylation sites (tertiary alicyclic amines) is 1. The molecule has 1 aliphatic heterocycles. The number of aromatic nitrogens is 2. The summed E-state index contributed by atoms with van der Waals surface area (Å²) in [6, 6.07) is 13.2. The highest BCUT2D eigenvalue weighted by Gasteiger charge is 2.29. The molecule has 0 radical (unpaired) electrons. The third-order valence-corrected chi connectivity index (χ3v) is 6.24. The number of benzene rings is 2. The van der Waals surface area contributed by atoms with Crippen molar-refractivity contribution in [2.45, 2.75) is 45.8 Å². The van der Waals surface area contributed by atoms with Crippen LogP contribution in [0.1, 0.15) is 42.0 Å². The van der Waals surface area contributed by atoms with Gasteiger partial charge in [-0.15, -0.1) is 0 Å². The van der Waals surface area contributed by atoms with E-state index in [1.54, 1.807) is 6.07 Å².